The minimum absolute atomic E-state index is 0.309. The van der Waals surface area contributed by atoms with E-state index >= 15 is 0 Å². The molecule has 1 N–H and O–H groups in total. The van der Waals surface area contributed by atoms with Gasteiger partial charge in [0.1, 0.15) is 10.5 Å². The Morgan fingerprint density at radius 3 is 2.58 bits per heavy atom. The Labute approximate surface area is 124 Å². The molecule has 0 saturated heterocycles. The van der Waals surface area contributed by atoms with Crippen LogP contribution in [0.15, 0.2) is 9.85 Å². The molecule has 0 spiro atoms. The highest BCUT2D eigenvalue weighted by atomic mass is 79.9. The smallest absolute Gasteiger partial charge is 0.412 e. The largest absolute Gasteiger partial charge is 0.462 e. The van der Waals surface area contributed by atoms with Gasteiger partial charge in [-0.15, -0.1) is 11.3 Å². The van der Waals surface area contributed by atoms with Crippen molar-refractivity contribution in [3.63, 3.8) is 0 Å². The standard InChI is InChI=1S/C12H16BrNO4S/c1-5-17-10(15)8-6-7(9(13)19-8)14-11(16)18-12(2,3)4/h6H,5H2,1-4H3,(H,14,16). The summed E-state index contributed by atoms with van der Waals surface area (Å²) in [6.07, 6.45) is -0.568. The van der Waals surface area contributed by atoms with Crippen LogP contribution in [0, 0.1) is 0 Å². The Hall–Kier alpha value is -1.08. The van der Waals surface area contributed by atoms with Crippen LogP contribution in [-0.4, -0.2) is 24.3 Å². The molecule has 0 aliphatic rings. The fourth-order valence-electron chi connectivity index (χ4n) is 1.17. The molecule has 106 valence electrons. The summed E-state index contributed by atoms with van der Waals surface area (Å²) in [5, 5.41) is 2.58. The van der Waals surface area contributed by atoms with Crippen LogP contribution in [0.2, 0.25) is 0 Å². The molecule has 1 aromatic rings. The van der Waals surface area contributed by atoms with E-state index in [0.717, 1.165) is 0 Å². The van der Waals surface area contributed by atoms with Crippen molar-refractivity contribution >= 4 is 45.0 Å². The predicted molar refractivity (Wildman–Crippen MR) is 77.8 cm³/mol. The highest BCUT2D eigenvalue weighted by molar-refractivity contribution is 9.11. The number of thiophene rings is 1. The lowest BCUT2D eigenvalue weighted by molar-refractivity contribution is 0.0530. The molecule has 0 aliphatic heterocycles. The van der Waals surface area contributed by atoms with Crippen LogP contribution >= 0.6 is 27.3 Å². The van der Waals surface area contributed by atoms with E-state index in [0.29, 0.717) is 21.0 Å². The average molecular weight is 350 g/mol. The van der Waals surface area contributed by atoms with Crippen LogP contribution in [0.1, 0.15) is 37.4 Å². The van der Waals surface area contributed by atoms with Gasteiger partial charge in [-0.2, -0.15) is 0 Å². The van der Waals surface area contributed by atoms with Gasteiger partial charge in [0.05, 0.1) is 16.1 Å². The molecule has 0 fully saturated rings. The van der Waals surface area contributed by atoms with Gasteiger partial charge in [0.25, 0.3) is 0 Å². The third-order valence-corrected chi connectivity index (χ3v) is 3.62. The number of rotatable bonds is 3. The molecule has 0 saturated carbocycles. The lowest BCUT2D eigenvalue weighted by atomic mass is 10.2. The van der Waals surface area contributed by atoms with E-state index in [-0.39, 0.29) is 0 Å². The van der Waals surface area contributed by atoms with Crippen molar-refractivity contribution in [2.24, 2.45) is 0 Å². The summed E-state index contributed by atoms with van der Waals surface area (Å²) in [5.74, 6) is -0.412. The summed E-state index contributed by atoms with van der Waals surface area (Å²) in [6, 6.07) is 1.55. The number of halogens is 1. The van der Waals surface area contributed by atoms with Crippen LogP contribution in [0.3, 0.4) is 0 Å². The molecule has 19 heavy (non-hydrogen) atoms. The molecule has 0 atom stereocenters. The maximum absolute atomic E-state index is 11.6. The first-order valence-corrected chi connectivity index (χ1v) is 7.30. The van der Waals surface area contributed by atoms with E-state index in [2.05, 4.69) is 21.2 Å². The number of hydrogen-bond donors (Lipinski definition) is 1. The second kappa shape index (κ2) is 6.38. The zero-order chi connectivity index (χ0) is 14.6. The number of hydrogen-bond acceptors (Lipinski definition) is 5. The molecule has 0 unspecified atom stereocenters. The third-order valence-electron chi connectivity index (χ3n) is 1.80. The fourth-order valence-corrected chi connectivity index (χ4v) is 2.64. The van der Waals surface area contributed by atoms with E-state index < -0.39 is 17.7 Å². The van der Waals surface area contributed by atoms with Crippen molar-refractivity contribution in [2.45, 2.75) is 33.3 Å². The van der Waals surface area contributed by atoms with Crippen LogP contribution in [0.25, 0.3) is 0 Å². The fraction of sp³-hybridized carbons (Fsp3) is 0.500. The monoisotopic (exact) mass is 349 g/mol. The van der Waals surface area contributed by atoms with Gasteiger partial charge >= 0.3 is 12.1 Å². The quantitative estimate of drug-likeness (QED) is 0.836. The number of anilines is 1. The molecule has 0 bridgehead atoms. The molecule has 1 rings (SSSR count). The molecule has 1 amide bonds. The zero-order valence-electron chi connectivity index (χ0n) is 11.2. The number of nitrogens with one attached hydrogen (secondary N) is 1. The maximum Gasteiger partial charge on any atom is 0.412 e. The van der Waals surface area contributed by atoms with Crippen molar-refractivity contribution < 1.29 is 19.1 Å². The second-order valence-electron chi connectivity index (χ2n) is 4.65. The van der Waals surface area contributed by atoms with Crippen molar-refractivity contribution in [3.8, 4) is 0 Å². The van der Waals surface area contributed by atoms with Gasteiger partial charge < -0.3 is 9.47 Å². The normalized spacial score (nSPS) is 11.0. The maximum atomic E-state index is 11.6. The van der Waals surface area contributed by atoms with Gasteiger partial charge in [0.2, 0.25) is 0 Å². The van der Waals surface area contributed by atoms with Gasteiger partial charge in [0, 0.05) is 0 Å². The zero-order valence-corrected chi connectivity index (χ0v) is 13.6. The molecule has 1 aromatic heterocycles. The van der Waals surface area contributed by atoms with Crippen LogP contribution in [0.4, 0.5) is 10.5 Å². The van der Waals surface area contributed by atoms with Gasteiger partial charge in [0.15, 0.2) is 0 Å². The molecule has 7 heteroatoms. The number of esters is 1. The predicted octanol–water partition coefficient (Wildman–Crippen LogP) is 4.03. The van der Waals surface area contributed by atoms with Gasteiger partial charge in [-0.3, -0.25) is 5.32 Å². The van der Waals surface area contributed by atoms with Crippen molar-refractivity contribution in [3.05, 3.63) is 14.7 Å². The number of amides is 1. The highest BCUT2D eigenvalue weighted by Crippen LogP contribution is 2.33. The molecule has 1 heterocycles. The van der Waals surface area contributed by atoms with E-state index in [9.17, 15) is 9.59 Å². The van der Waals surface area contributed by atoms with E-state index in [1.165, 1.54) is 11.3 Å². The summed E-state index contributed by atoms with van der Waals surface area (Å²) in [4.78, 5) is 23.6. The van der Waals surface area contributed by atoms with Crippen molar-refractivity contribution in [2.75, 3.05) is 11.9 Å². The highest BCUT2D eigenvalue weighted by Gasteiger charge is 2.19. The van der Waals surface area contributed by atoms with Crippen LogP contribution in [-0.2, 0) is 9.47 Å². The SMILES string of the molecule is CCOC(=O)c1cc(NC(=O)OC(C)(C)C)c(Br)s1. The molecule has 0 aliphatic carbocycles. The molecule has 0 radical (unpaired) electrons. The lowest BCUT2D eigenvalue weighted by Crippen LogP contribution is -2.27. The van der Waals surface area contributed by atoms with Gasteiger partial charge in [-0.25, -0.2) is 9.59 Å². The Morgan fingerprint density at radius 2 is 2.05 bits per heavy atom. The first kappa shape index (κ1) is 16.0. The van der Waals surface area contributed by atoms with Gasteiger partial charge in [-0.05, 0) is 49.7 Å². The number of carbonyl (C=O) groups excluding carboxylic acids is 2. The average Bonchev–Trinajstić information content (AvgIpc) is 2.58. The molecular weight excluding hydrogens is 334 g/mol. The number of carbonyl (C=O) groups is 2. The molecular formula is C12H16BrNO4S. The van der Waals surface area contributed by atoms with E-state index in [1.54, 1.807) is 33.8 Å². The summed E-state index contributed by atoms with van der Waals surface area (Å²) in [7, 11) is 0. The molecule has 5 nitrogen and oxygen atoms in total. The summed E-state index contributed by atoms with van der Waals surface area (Å²) < 4.78 is 10.7. The topological polar surface area (TPSA) is 64.6 Å². The van der Waals surface area contributed by atoms with Crippen molar-refractivity contribution in [1.29, 1.82) is 0 Å². The first-order chi connectivity index (χ1) is 8.73. The Morgan fingerprint density at radius 1 is 1.42 bits per heavy atom. The van der Waals surface area contributed by atoms with E-state index in [1.807, 2.05) is 0 Å². The summed E-state index contributed by atoms with van der Waals surface area (Å²) in [6.45, 7) is 7.38. The summed E-state index contributed by atoms with van der Waals surface area (Å²) >= 11 is 4.48. The summed E-state index contributed by atoms with van der Waals surface area (Å²) in [5.41, 5.74) is -0.0846. The van der Waals surface area contributed by atoms with E-state index in [4.69, 9.17) is 9.47 Å². The lowest BCUT2D eigenvalue weighted by Gasteiger charge is -2.19. The Balaban J connectivity index is 2.75. The second-order valence-corrected chi connectivity index (χ2v) is 7.02. The minimum atomic E-state index is -0.573. The van der Waals surface area contributed by atoms with Gasteiger partial charge in [-0.1, -0.05) is 0 Å². The Bertz CT molecular complexity index is 479. The van der Waals surface area contributed by atoms with Crippen LogP contribution < -0.4 is 5.32 Å². The Kier molecular flexibility index (Phi) is 5.37. The molecule has 0 aromatic carbocycles. The van der Waals surface area contributed by atoms with Crippen molar-refractivity contribution in [1.82, 2.24) is 0 Å². The van der Waals surface area contributed by atoms with Crippen LogP contribution in [0.5, 0.6) is 0 Å². The number of ether oxygens (including phenoxy) is 2. The minimum Gasteiger partial charge on any atom is -0.462 e. The first-order valence-electron chi connectivity index (χ1n) is 5.69. The third kappa shape index (κ3) is 5.20.